The molecule has 1 saturated heterocycles. The maximum absolute atomic E-state index is 13.3. The zero-order valence-corrected chi connectivity index (χ0v) is 17.8. The summed E-state index contributed by atoms with van der Waals surface area (Å²) in [6.45, 7) is 6.29. The first-order chi connectivity index (χ1) is 15.7. The van der Waals surface area contributed by atoms with Crippen LogP contribution in [0.3, 0.4) is 0 Å². The third-order valence-electron chi connectivity index (χ3n) is 5.30. The molecule has 0 radical (unpaired) electrons. The van der Waals surface area contributed by atoms with Gasteiger partial charge in [0.2, 0.25) is 5.89 Å². The first-order valence-corrected chi connectivity index (χ1v) is 10.7. The standard InChI is InChI=1S/C23H27FN4O4/c24-19-5-3-18(4-6-19)15-28(8-7-27-9-12-30-13-10-27)16-22-26-21(17-32-22)23(29)25-14-20-2-1-11-31-20/h1-6,11,17H,7-10,12-16H2,(H,25,29). The van der Waals surface area contributed by atoms with Gasteiger partial charge in [-0.15, -0.1) is 0 Å². The first kappa shape index (κ1) is 22.2. The van der Waals surface area contributed by atoms with Crippen LogP contribution in [0.4, 0.5) is 4.39 Å². The van der Waals surface area contributed by atoms with Crippen molar-refractivity contribution in [3.63, 3.8) is 0 Å². The number of furan rings is 1. The molecule has 0 atom stereocenters. The van der Waals surface area contributed by atoms with Gasteiger partial charge in [-0.2, -0.15) is 0 Å². The van der Waals surface area contributed by atoms with Gasteiger partial charge in [-0.1, -0.05) is 12.1 Å². The molecule has 1 aliphatic heterocycles. The van der Waals surface area contributed by atoms with Gasteiger partial charge in [0.1, 0.15) is 17.8 Å². The quantitative estimate of drug-likeness (QED) is 0.517. The van der Waals surface area contributed by atoms with Crippen molar-refractivity contribution in [3.8, 4) is 0 Å². The van der Waals surface area contributed by atoms with Crippen LogP contribution in [-0.2, 0) is 24.4 Å². The Morgan fingerprint density at radius 2 is 1.94 bits per heavy atom. The molecule has 1 amide bonds. The van der Waals surface area contributed by atoms with Crippen LogP contribution in [0.15, 0.2) is 57.8 Å². The van der Waals surface area contributed by atoms with Crippen LogP contribution in [0.25, 0.3) is 0 Å². The zero-order chi connectivity index (χ0) is 22.2. The van der Waals surface area contributed by atoms with Crippen molar-refractivity contribution in [1.82, 2.24) is 20.1 Å². The van der Waals surface area contributed by atoms with Crippen molar-refractivity contribution >= 4 is 5.91 Å². The number of hydrogen-bond donors (Lipinski definition) is 1. The Bertz CT molecular complexity index is 968. The van der Waals surface area contributed by atoms with Crippen LogP contribution in [-0.4, -0.2) is 60.1 Å². The number of amides is 1. The second-order valence-corrected chi connectivity index (χ2v) is 7.68. The second-order valence-electron chi connectivity index (χ2n) is 7.68. The van der Waals surface area contributed by atoms with E-state index in [4.69, 9.17) is 13.6 Å². The number of carbonyl (C=O) groups excluding carboxylic acids is 1. The van der Waals surface area contributed by atoms with Crippen molar-refractivity contribution in [2.45, 2.75) is 19.6 Å². The van der Waals surface area contributed by atoms with Crippen LogP contribution >= 0.6 is 0 Å². The molecule has 0 aliphatic carbocycles. The summed E-state index contributed by atoms with van der Waals surface area (Å²) >= 11 is 0. The molecule has 1 fully saturated rings. The highest BCUT2D eigenvalue weighted by atomic mass is 19.1. The van der Waals surface area contributed by atoms with E-state index >= 15 is 0 Å². The first-order valence-electron chi connectivity index (χ1n) is 10.7. The predicted octanol–water partition coefficient (Wildman–Crippen LogP) is 2.67. The maximum atomic E-state index is 13.3. The van der Waals surface area contributed by atoms with Gasteiger partial charge in [-0.05, 0) is 29.8 Å². The van der Waals surface area contributed by atoms with Crippen molar-refractivity contribution in [3.05, 3.63) is 77.7 Å². The second kappa shape index (κ2) is 11.0. The number of ether oxygens (including phenoxy) is 1. The van der Waals surface area contributed by atoms with E-state index in [1.54, 1.807) is 30.5 Å². The van der Waals surface area contributed by atoms with Gasteiger partial charge in [0.15, 0.2) is 5.69 Å². The van der Waals surface area contributed by atoms with E-state index in [9.17, 15) is 9.18 Å². The summed E-state index contributed by atoms with van der Waals surface area (Å²) in [6, 6.07) is 10.0. The molecule has 170 valence electrons. The lowest BCUT2D eigenvalue weighted by Gasteiger charge is -2.29. The van der Waals surface area contributed by atoms with Gasteiger partial charge < -0.3 is 18.9 Å². The molecule has 1 aliphatic rings. The highest BCUT2D eigenvalue weighted by molar-refractivity contribution is 5.91. The van der Waals surface area contributed by atoms with Crippen molar-refractivity contribution in [2.75, 3.05) is 39.4 Å². The van der Waals surface area contributed by atoms with E-state index in [0.29, 0.717) is 24.7 Å². The fourth-order valence-electron chi connectivity index (χ4n) is 3.52. The molecule has 9 heteroatoms. The van der Waals surface area contributed by atoms with E-state index in [1.165, 1.54) is 18.4 Å². The molecule has 32 heavy (non-hydrogen) atoms. The monoisotopic (exact) mass is 442 g/mol. The van der Waals surface area contributed by atoms with Gasteiger partial charge >= 0.3 is 0 Å². The number of oxazole rings is 1. The number of halogens is 1. The fourth-order valence-corrected chi connectivity index (χ4v) is 3.52. The third-order valence-corrected chi connectivity index (χ3v) is 5.30. The van der Waals surface area contributed by atoms with Crippen LogP contribution in [0.1, 0.15) is 27.7 Å². The lowest BCUT2D eigenvalue weighted by molar-refractivity contribution is 0.0320. The Kier molecular flexibility index (Phi) is 7.65. The number of benzene rings is 1. The number of aromatic nitrogens is 1. The van der Waals surface area contributed by atoms with Crippen LogP contribution < -0.4 is 5.32 Å². The molecule has 2 aromatic heterocycles. The molecule has 1 aromatic carbocycles. The summed E-state index contributed by atoms with van der Waals surface area (Å²) < 4.78 is 29.5. The minimum absolute atomic E-state index is 0.224. The Labute approximate surface area is 186 Å². The van der Waals surface area contributed by atoms with Gasteiger partial charge in [0.05, 0.1) is 32.6 Å². The highest BCUT2D eigenvalue weighted by Gasteiger charge is 2.17. The van der Waals surface area contributed by atoms with Gasteiger partial charge in [0, 0.05) is 32.7 Å². The van der Waals surface area contributed by atoms with E-state index in [1.807, 2.05) is 0 Å². The molecule has 8 nitrogen and oxygen atoms in total. The average Bonchev–Trinajstić information content (AvgIpc) is 3.50. The number of carbonyl (C=O) groups is 1. The Balaban J connectivity index is 1.36. The summed E-state index contributed by atoms with van der Waals surface area (Å²) in [5, 5.41) is 2.76. The molecule has 0 bridgehead atoms. The van der Waals surface area contributed by atoms with Crippen molar-refractivity contribution in [2.24, 2.45) is 0 Å². The third kappa shape index (κ3) is 6.49. The molecule has 3 heterocycles. The average molecular weight is 442 g/mol. The van der Waals surface area contributed by atoms with E-state index in [-0.39, 0.29) is 24.0 Å². The molecule has 0 spiro atoms. The molecular formula is C23H27FN4O4. The minimum atomic E-state index is -0.324. The van der Waals surface area contributed by atoms with Crippen LogP contribution in [0.2, 0.25) is 0 Å². The van der Waals surface area contributed by atoms with Gasteiger partial charge in [-0.3, -0.25) is 14.6 Å². The Hall–Kier alpha value is -3.01. The number of morpholine rings is 1. The van der Waals surface area contributed by atoms with E-state index < -0.39 is 0 Å². The summed E-state index contributed by atoms with van der Waals surface area (Å²) in [5.74, 6) is 0.536. The molecule has 3 aromatic rings. The minimum Gasteiger partial charge on any atom is -0.467 e. The maximum Gasteiger partial charge on any atom is 0.273 e. The molecule has 4 rings (SSSR count). The summed E-state index contributed by atoms with van der Waals surface area (Å²) in [5.41, 5.74) is 1.22. The van der Waals surface area contributed by atoms with Gasteiger partial charge in [0.25, 0.3) is 5.91 Å². The number of nitrogens with zero attached hydrogens (tertiary/aromatic N) is 3. The number of rotatable bonds is 10. The van der Waals surface area contributed by atoms with Crippen molar-refractivity contribution < 1.29 is 22.8 Å². The summed E-state index contributed by atoms with van der Waals surface area (Å²) in [7, 11) is 0. The lowest BCUT2D eigenvalue weighted by Crippen LogP contribution is -2.41. The lowest BCUT2D eigenvalue weighted by atomic mass is 10.2. The van der Waals surface area contributed by atoms with Crippen molar-refractivity contribution in [1.29, 1.82) is 0 Å². The SMILES string of the molecule is O=C(NCc1ccco1)c1coc(CN(CCN2CCOCC2)Cc2ccc(F)cc2)n1. The molecule has 0 saturated carbocycles. The molecular weight excluding hydrogens is 415 g/mol. The van der Waals surface area contributed by atoms with Gasteiger partial charge in [-0.25, -0.2) is 9.37 Å². The summed E-state index contributed by atoms with van der Waals surface area (Å²) in [4.78, 5) is 21.2. The molecule has 1 N–H and O–H groups in total. The zero-order valence-electron chi connectivity index (χ0n) is 17.8. The molecule has 0 unspecified atom stereocenters. The topological polar surface area (TPSA) is 84.0 Å². The Morgan fingerprint density at radius 3 is 2.69 bits per heavy atom. The number of nitrogens with one attached hydrogen (secondary N) is 1. The van der Waals surface area contributed by atoms with E-state index in [2.05, 4.69) is 20.1 Å². The van der Waals surface area contributed by atoms with E-state index in [0.717, 1.165) is 45.0 Å². The van der Waals surface area contributed by atoms with Crippen LogP contribution in [0.5, 0.6) is 0 Å². The fraction of sp³-hybridized carbons (Fsp3) is 0.391. The largest absolute Gasteiger partial charge is 0.467 e. The summed E-state index contributed by atoms with van der Waals surface area (Å²) in [6.07, 6.45) is 2.92. The normalized spacial score (nSPS) is 14.7. The Morgan fingerprint density at radius 1 is 1.12 bits per heavy atom. The van der Waals surface area contributed by atoms with Crippen LogP contribution in [0, 0.1) is 5.82 Å². The smallest absolute Gasteiger partial charge is 0.273 e. The number of hydrogen-bond acceptors (Lipinski definition) is 7. The predicted molar refractivity (Wildman–Crippen MR) is 114 cm³/mol. The highest BCUT2D eigenvalue weighted by Crippen LogP contribution is 2.12.